The third kappa shape index (κ3) is 4.29. The maximum absolute atomic E-state index is 13.4. The molecule has 4 nitrogen and oxygen atoms in total. The highest BCUT2D eigenvalue weighted by Gasteiger charge is 2.30. The summed E-state index contributed by atoms with van der Waals surface area (Å²) in [6, 6.07) is 24.2. The molecule has 1 aromatic heterocycles. The summed E-state index contributed by atoms with van der Waals surface area (Å²) in [6.45, 7) is 7.77. The number of rotatable bonds is 6. The highest BCUT2D eigenvalue weighted by molar-refractivity contribution is 7.89. The highest BCUT2D eigenvalue weighted by atomic mass is 32.2. The van der Waals surface area contributed by atoms with Gasteiger partial charge in [-0.2, -0.15) is 0 Å². The van der Waals surface area contributed by atoms with E-state index in [-0.39, 0.29) is 17.0 Å². The van der Waals surface area contributed by atoms with Crippen LogP contribution in [0.15, 0.2) is 77.8 Å². The second-order valence-corrected chi connectivity index (χ2v) is 10.1. The van der Waals surface area contributed by atoms with Crippen molar-refractivity contribution in [3.8, 4) is 0 Å². The molecule has 0 radical (unpaired) electrons. The Hall–Kier alpha value is -2.89. The zero-order chi connectivity index (χ0) is 22.2. The van der Waals surface area contributed by atoms with Crippen molar-refractivity contribution in [2.75, 3.05) is 0 Å². The van der Waals surface area contributed by atoms with Crippen LogP contribution in [0.25, 0.3) is 10.9 Å². The van der Waals surface area contributed by atoms with Crippen molar-refractivity contribution < 1.29 is 8.42 Å². The number of hydrogen-bond acceptors (Lipinski definition) is 2. The first kappa shape index (κ1) is 21.3. The lowest BCUT2D eigenvalue weighted by molar-refractivity contribution is 0.565. The molecule has 31 heavy (non-hydrogen) atoms. The van der Waals surface area contributed by atoms with E-state index >= 15 is 0 Å². The molecule has 5 heteroatoms. The molecule has 0 unspecified atom stereocenters. The average molecular weight is 433 g/mol. The summed E-state index contributed by atoms with van der Waals surface area (Å²) in [5.41, 5.74) is 6.03. The summed E-state index contributed by atoms with van der Waals surface area (Å²) < 4.78 is 29.5. The number of aromatic amines is 1. The van der Waals surface area contributed by atoms with E-state index in [1.807, 2.05) is 38.1 Å². The first-order valence-electron chi connectivity index (χ1n) is 10.5. The number of aromatic nitrogens is 1. The summed E-state index contributed by atoms with van der Waals surface area (Å²) in [5.74, 6) is -0.226. The van der Waals surface area contributed by atoms with Crippen molar-refractivity contribution >= 4 is 20.9 Å². The molecule has 3 aromatic carbocycles. The van der Waals surface area contributed by atoms with Gasteiger partial charge in [-0.05, 0) is 44.9 Å². The van der Waals surface area contributed by atoms with Gasteiger partial charge in [0.05, 0.1) is 0 Å². The van der Waals surface area contributed by atoms with E-state index in [0.717, 1.165) is 27.6 Å². The molecule has 0 aliphatic rings. The predicted molar refractivity (Wildman–Crippen MR) is 127 cm³/mol. The Balaban J connectivity index is 2.04. The third-order valence-electron chi connectivity index (χ3n) is 5.48. The molecule has 0 spiro atoms. The van der Waals surface area contributed by atoms with Crippen molar-refractivity contribution in [2.45, 2.75) is 44.7 Å². The molecule has 0 atom stereocenters. The summed E-state index contributed by atoms with van der Waals surface area (Å²) >= 11 is 0. The molecule has 0 saturated heterocycles. The van der Waals surface area contributed by atoms with Crippen LogP contribution in [0.2, 0.25) is 0 Å². The minimum absolute atomic E-state index is 0.207. The number of benzene rings is 3. The predicted octanol–water partition coefficient (Wildman–Crippen LogP) is 5.65. The minimum atomic E-state index is -3.73. The summed E-state index contributed by atoms with van der Waals surface area (Å²) in [4.78, 5) is 3.20. The average Bonchev–Trinajstić information content (AvgIpc) is 3.11. The monoisotopic (exact) mass is 432 g/mol. The maximum Gasteiger partial charge on any atom is 0.256 e. The van der Waals surface area contributed by atoms with Gasteiger partial charge in [-0.25, -0.2) is 13.1 Å². The van der Waals surface area contributed by atoms with Gasteiger partial charge in [0.2, 0.25) is 0 Å². The standard InChI is InChI=1S/C26H28N2O2S/c1-17(2)28-31(29,30)26-25(22-7-5-6-8-23(22)27-26)24(20-13-9-18(3)10-14-20)21-15-11-19(4)12-16-21/h5-17,24,27-28H,1-4H3. The van der Waals surface area contributed by atoms with Crippen molar-refractivity contribution in [3.63, 3.8) is 0 Å². The molecule has 4 aromatic rings. The number of hydrogen-bond donors (Lipinski definition) is 2. The van der Waals surface area contributed by atoms with Crippen LogP contribution in [0.5, 0.6) is 0 Å². The summed E-state index contributed by atoms with van der Waals surface area (Å²) in [7, 11) is -3.73. The Labute approximate surface area is 184 Å². The van der Waals surface area contributed by atoms with Crippen molar-refractivity contribution in [1.29, 1.82) is 0 Å². The highest BCUT2D eigenvalue weighted by Crippen LogP contribution is 2.40. The fraction of sp³-hybridized carbons (Fsp3) is 0.231. The van der Waals surface area contributed by atoms with Gasteiger partial charge in [0.25, 0.3) is 10.0 Å². The van der Waals surface area contributed by atoms with E-state index in [1.54, 1.807) is 0 Å². The van der Waals surface area contributed by atoms with E-state index in [4.69, 9.17) is 0 Å². The van der Waals surface area contributed by atoms with E-state index in [1.165, 1.54) is 11.1 Å². The van der Waals surface area contributed by atoms with Gasteiger partial charge in [0.15, 0.2) is 5.03 Å². The third-order valence-corrected chi connectivity index (χ3v) is 7.12. The van der Waals surface area contributed by atoms with Crippen LogP contribution >= 0.6 is 0 Å². The quantitative estimate of drug-likeness (QED) is 0.413. The Morgan fingerprint density at radius 2 is 1.29 bits per heavy atom. The molecule has 160 valence electrons. The largest absolute Gasteiger partial charge is 0.344 e. The number of aryl methyl sites for hydroxylation is 2. The zero-order valence-corrected chi connectivity index (χ0v) is 19.1. The number of sulfonamides is 1. The second kappa shape index (κ2) is 8.33. The van der Waals surface area contributed by atoms with E-state index in [0.29, 0.717) is 0 Å². The molecular formula is C26H28N2O2S. The molecule has 0 bridgehead atoms. The second-order valence-electron chi connectivity index (χ2n) is 8.44. The van der Waals surface area contributed by atoms with Gasteiger partial charge in [0.1, 0.15) is 0 Å². The molecule has 0 amide bonds. The summed E-state index contributed by atoms with van der Waals surface area (Å²) in [5, 5.41) is 1.14. The Morgan fingerprint density at radius 1 is 0.774 bits per heavy atom. The fourth-order valence-corrected chi connectivity index (χ4v) is 5.55. The smallest absolute Gasteiger partial charge is 0.256 e. The lowest BCUT2D eigenvalue weighted by atomic mass is 9.84. The van der Waals surface area contributed by atoms with Crippen LogP contribution in [-0.2, 0) is 10.0 Å². The van der Waals surface area contributed by atoms with Gasteiger partial charge >= 0.3 is 0 Å². The Morgan fingerprint density at radius 3 is 1.81 bits per heavy atom. The van der Waals surface area contributed by atoms with Crippen LogP contribution in [0.3, 0.4) is 0 Å². The topological polar surface area (TPSA) is 62.0 Å². The molecule has 2 N–H and O–H groups in total. The normalized spacial score (nSPS) is 12.2. The molecule has 0 aliphatic carbocycles. The molecule has 0 fully saturated rings. The number of para-hydroxylation sites is 1. The zero-order valence-electron chi connectivity index (χ0n) is 18.3. The van der Waals surface area contributed by atoms with Gasteiger partial charge in [-0.1, -0.05) is 77.9 Å². The Kier molecular flexibility index (Phi) is 5.73. The summed E-state index contributed by atoms with van der Waals surface area (Å²) in [6.07, 6.45) is 0. The van der Waals surface area contributed by atoms with Gasteiger partial charge in [-0.3, -0.25) is 0 Å². The minimum Gasteiger partial charge on any atom is -0.344 e. The lowest BCUT2D eigenvalue weighted by Gasteiger charge is -2.21. The first-order chi connectivity index (χ1) is 14.8. The first-order valence-corrected chi connectivity index (χ1v) is 12.0. The van der Waals surface area contributed by atoms with Gasteiger partial charge in [0, 0.05) is 28.4 Å². The van der Waals surface area contributed by atoms with Crippen LogP contribution < -0.4 is 4.72 Å². The lowest BCUT2D eigenvalue weighted by Crippen LogP contribution is -2.31. The van der Waals surface area contributed by atoms with Gasteiger partial charge < -0.3 is 4.98 Å². The van der Waals surface area contributed by atoms with Crippen molar-refractivity contribution in [3.05, 3.63) is 101 Å². The van der Waals surface area contributed by atoms with Crippen molar-refractivity contribution in [2.24, 2.45) is 0 Å². The van der Waals surface area contributed by atoms with E-state index in [2.05, 4.69) is 72.1 Å². The van der Waals surface area contributed by atoms with Crippen LogP contribution in [0.4, 0.5) is 0 Å². The van der Waals surface area contributed by atoms with Crippen molar-refractivity contribution in [1.82, 2.24) is 9.71 Å². The van der Waals surface area contributed by atoms with E-state index < -0.39 is 10.0 Å². The maximum atomic E-state index is 13.4. The molecule has 0 aliphatic heterocycles. The Bertz CT molecular complexity index is 1260. The number of nitrogens with one attached hydrogen (secondary N) is 2. The fourth-order valence-electron chi connectivity index (χ4n) is 4.05. The molecule has 0 saturated carbocycles. The van der Waals surface area contributed by atoms with Crippen LogP contribution in [0, 0.1) is 13.8 Å². The molecule has 4 rings (SSSR count). The van der Waals surface area contributed by atoms with E-state index in [9.17, 15) is 8.42 Å². The molecular weight excluding hydrogens is 404 g/mol. The number of fused-ring (bicyclic) bond motifs is 1. The molecule has 1 heterocycles. The van der Waals surface area contributed by atoms with Gasteiger partial charge in [-0.15, -0.1) is 0 Å². The van der Waals surface area contributed by atoms with Crippen LogP contribution in [-0.4, -0.2) is 19.4 Å². The van der Waals surface area contributed by atoms with Crippen LogP contribution in [0.1, 0.15) is 47.6 Å². The number of H-pyrrole nitrogens is 1. The SMILES string of the molecule is Cc1ccc(C(c2ccc(C)cc2)c2c(S(=O)(=O)NC(C)C)[nH]c3ccccc23)cc1.